The SMILES string of the molecule is CN=C(NN)N1CCC2(CCCC2)CC1. The van der Waals surface area contributed by atoms with Crippen molar-refractivity contribution in [3.05, 3.63) is 0 Å². The lowest BCUT2D eigenvalue weighted by molar-refractivity contribution is 0.151. The zero-order valence-corrected chi connectivity index (χ0v) is 9.63. The molecular formula is C11H22N4. The van der Waals surface area contributed by atoms with Gasteiger partial charge in [-0.15, -0.1) is 0 Å². The molecule has 1 spiro atoms. The molecule has 2 rings (SSSR count). The van der Waals surface area contributed by atoms with E-state index in [0.717, 1.165) is 19.0 Å². The highest BCUT2D eigenvalue weighted by atomic mass is 15.4. The van der Waals surface area contributed by atoms with E-state index in [1.807, 2.05) is 0 Å². The fraction of sp³-hybridized carbons (Fsp3) is 0.909. The molecule has 1 saturated carbocycles. The van der Waals surface area contributed by atoms with E-state index in [1.165, 1.54) is 38.5 Å². The molecule has 0 unspecified atom stereocenters. The predicted molar refractivity (Wildman–Crippen MR) is 62.4 cm³/mol. The first-order valence-corrected chi connectivity index (χ1v) is 5.98. The van der Waals surface area contributed by atoms with Gasteiger partial charge < -0.3 is 4.90 Å². The van der Waals surface area contributed by atoms with Gasteiger partial charge in [-0.1, -0.05) is 12.8 Å². The van der Waals surface area contributed by atoms with Gasteiger partial charge in [-0.25, -0.2) is 5.84 Å². The second kappa shape index (κ2) is 4.39. The van der Waals surface area contributed by atoms with Gasteiger partial charge in [0.1, 0.15) is 0 Å². The van der Waals surface area contributed by atoms with Gasteiger partial charge in [-0.2, -0.15) is 0 Å². The highest BCUT2D eigenvalue weighted by molar-refractivity contribution is 5.79. The van der Waals surface area contributed by atoms with Crippen molar-refractivity contribution >= 4 is 5.96 Å². The molecule has 1 heterocycles. The topological polar surface area (TPSA) is 53.6 Å². The number of likely N-dealkylation sites (tertiary alicyclic amines) is 1. The zero-order valence-electron chi connectivity index (χ0n) is 9.63. The van der Waals surface area contributed by atoms with Crippen LogP contribution in [0.3, 0.4) is 0 Å². The van der Waals surface area contributed by atoms with E-state index in [1.54, 1.807) is 7.05 Å². The van der Waals surface area contributed by atoms with Crippen molar-refractivity contribution in [2.45, 2.75) is 38.5 Å². The number of guanidine groups is 1. The summed E-state index contributed by atoms with van der Waals surface area (Å²) in [4.78, 5) is 6.42. The molecule has 0 radical (unpaired) electrons. The number of hydrogen-bond donors (Lipinski definition) is 2. The van der Waals surface area contributed by atoms with E-state index in [0.29, 0.717) is 5.41 Å². The van der Waals surface area contributed by atoms with Gasteiger partial charge >= 0.3 is 0 Å². The van der Waals surface area contributed by atoms with Crippen LogP contribution in [0.5, 0.6) is 0 Å². The highest BCUT2D eigenvalue weighted by Crippen LogP contribution is 2.45. The molecule has 2 aliphatic rings. The number of hydrazine groups is 1. The number of nitrogens with zero attached hydrogens (tertiary/aromatic N) is 2. The maximum absolute atomic E-state index is 5.44. The van der Waals surface area contributed by atoms with Gasteiger partial charge in [0.15, 0.2) is 0 Å². The van der Waals surface area contributed by atoms with Crippen molar-refractivity contribution in [2.75, 3.05) is 20.1 Å². The monoisotopic (exact) mass is 210 g/mol. The summed E-state index contributed by atoms with van der Waals surface area (Å²) in [7, 11) is 1.79. The van der Waals surface area contributed by atoms with Crippen molar-refractivity contribution in [3.8, 4) is 0 Å². The number of nitrogens with one attached hydrogen (secondary N) is 1. The standard InChI is InChI=1S/C11H22N4/c1-13-10(14-12)15-8-6-11(7-9-15)4-2-3-5-11/h2-9,12H2,1H3,(H,13,14). The van der Waals surface area contributed by atoms with E-state index in [9.17, 15) is 0 Å². The Balaban J connectivity index is 1.91. The van der Waals surface area contributed by atoms with E-state index >= 15 is 0 Å². The largest absolute Gasteiger partial charge is 0.342 e. The van der Waals surface area contributed by atoms with Crippen molar-refractivity contribution in [2.24, 2.45) is 16.3 Å². The third-order valence-corrected chi connectivity index (χ3v) is 4.13. The minimum atomic E-state index is 0.671. The normalized spacial score (nSPS) is 26.0. The molecule has 4 heteroatoms. The molecule has 0 aromatic rings. The zero-order chi connectivity index (χ0) is 10.7. The van der Waals surface area contributed by atoms with Crippen molar-refractivity contribution in [1.29, 1.82) is 0 Å². The van der Waals surface area contributed by atoms with Crippen LogP contribution in [0, 0.1) is 5.41 Å². The molecule has 0 amide bonds. The third kappa shape index (κ3) is 2.09. The Morgan fingerprint density at radius 3 is 2.27 bits per heavy atom. The fourth-order valence-corrected chi connectivity index (χ4v) is 3.12. The Bertz CT molecular complexity index is 233. The summed E-state index contributed by atoms with van der Waals surface area (Å²) in [5.74, 6) is 6.27. The van der Waals surface area contributed by atoms with Crippen molar-refractivity contribution in [3.63, 3.8) is 0 Å². The van der Waals surface area contributed by atoms with Crippen molar-refractivity contribution in [1.82, 2.24) is 10.3 Å². The van der Waals surface area contributed by atoms with Gasteiger partial charge in [0.2, 0.25) is 5.96 Å². The molecule has 0 atom stereocenters. The lowest BCUT2D eigenvalue weighted by Crippen LogP contribution is -2.49. The van der Waals surface area contributed by atoms with Crippen LogP contribution in [0.4, 0.5) is 0 Å². The maximum Gasteiger partial charge on any atom is 0.208 e. The fourth-order valence-electron chi connectivity index (χ4n) is 3.12. The summed E-state index contributed by atoms with van der Waals surface area (Å²) in [6, 6.07) is 0. The van der Waals surface area contributed by atoms with Crippen LogP contribution in [0.25, 0.3) is 0 Å². The molecule has 0 bridgehead atoms. The van der Waals surface area contributed by atoms with E-state index < -0.39 is 0 Å². The average Bonchev–Trinajstić information content (AvgIpc) is 2.72. The van der Waals surface area contributed by atoms with E-state index in [4.69, 9.17) is 5.84 Å². The molecule has 86 valence electrons. The third-order valence-electron chi connectivity index (χ3n) is 4.13. The Morgan fingerprint density at radius 1 is 1.20 bits per heavy atom. The lowest BCUT2D eigenvalue weighted by Gasteiger charge is -2.40. The summed E-state index contributed by atoms with van der Waals surface area (Å²) in [5, 5.41) is 0. The van der Waals surface area contributed by atoms with Crippen LogP contribution in [0.15, 0.2) is 4.99 Å². The summed E-state index contributed by atoms with van der Waals surface area (Å²) < 4.78 is 0. The van der Waals surface area contributed by atoms with E-state index in [2.05, 4.69) is 15.3 Å². The van der Waals surface area contributed by atoms with Crippen LogP contribution >= 0.6 is 0 Å². The first-order valence-electron chi connectivity index (χ1n) is 5.98. The van der Waals surface area contributed by atoms with Gasteiger partial charge in [-0.05, 0) is 31.1 Å². The molecule has 1 aliphatic carbocycles. The van der Waals surface area contributed by atoms with Gasteiger partial charge in [-0.3, -0.25) is 10.4 Å². The predicted octanol–water partition coefficient (Wildman–Crippen LogP) is 1.09. The average molecular weight is 210 g/mol. The van der Waals surface area contributed by atoms with Gasteiger partial charge in [0, 0.05) is 20.1 Å². The molecule has 4 nitrogen and oxygen atoms in total. The van der Waals surface area contributed by atoms with Crippen molar-refractivity contribution < 1.29 is 0 Å². The smallest absolute Gasteiger partial charge is 0.208 e. The second-order valence-corrected chi connectivity index (χ2v) is 4.89. The molecule has 1 saturated heterocycles. The number of hydrogen-bond acceptors (Lipinski definition) is 2. The highest BCUT2D eigenvalue weighted by Gasteiger charge is 2.37. The molecule has 0 aromatic carbocycles. The molecule has 3 N–H and O–H groups in total. The number of nitrogens with two attached hydrogens (primary N) is 1. The Labute approximate surface area is 91.9 Å². The summed E-state index contributed by atoms with van der Waals surface area (Å²) in [5.41, 5.74) is 3.35. The number of aliphatic imine (C=N–C) groups is 1. The van der Waals surface area contributed by atoms with Gasteiger partial charge in [0.05, 0.1) is 0 Å². The van der Waals surface area contributed by atoms with Crippen LogP contribution in [0.2, 0.25) is 0 Å². The Morgan fingerprint density at radius 2 is 1.80 bits per heavy atom. The van der Waals surface area contributed by atoms with E-state index in [-0.39, 0.29) is 0 Å². The molecule has 0 aromatic heterocycles. The van der Waals surface area contributed by atoms with Crippen LogP contribution < -0.4 is 11.3 Å². The summed E-state index contributed by atoms with van der Waals surface area (Å²) in [6.07, 6.45) is 8.38. The minimum absolute atomic E-state index is 0.671. The van der Waals surface area contributed by atoms with Crippen LogP contribution in [0.1, 0.15) is 38.5 Å². The Kier molecular flexibility index (Phi) is 3.14. The molecule has 15 heavy (non-hydrogen) atoms. The molecule has 1 aliphatic heterocycles. The second-order valence-electron chi connectivity index (χ2n) is 4.89. The minimum Gasteiger partial charge on any atom is -0.342 e. The number of rotatable bonds is 0. The van der Waals surface area contributed by atoms with Gasteiger partial charge in [0.25, 0.3) is 0 Å². The van der Waals surface area contributed by atoms with Crippen LogP contribution in [-0.2, 0) is 0 Å². The first kappa shape index (κ1) is 10.7. The Hall–Kier alpha value is -0.770. The first-order chi connectivity index (χ1) is 7.29. The summed E-state index contributed by atoms with van der Waals surface area (Å²) >= 11 is 0. The lowest BCUT2D eigenvalue weighted by atomic mass is 9.77. The number of piperidine rings is 1. The molecular weight excluding hydrogens is 188 g/mol. The molecule has 2 fully saturated rings. The van der Waals surface area contributed by atoms with Crippen LogP contribution in [-0.4, -0.2) is 31.0 Å². The maximum atomic E-state index is 5.44. The summed E-state index contributed by atoms with van der Waals surface area (Å²) in [6.45, 7) is 2.22. The quantitative estimate of drug-likeness (QED) is 0.272.